The van der Waals surface area contributed by atoms with E-state index in [1.165, 1.54) is 0 Å². The van der Waals surface area contributed by atoms with Crippen LogP contribution in [0.4, 0.5) is 5.69 Å². The molecule has 1 aromatic carbocycles. The van der Waals surface area contributed by atoms with E-state index in [2.05, 4.69) is 34.6 Å². The third kappa shape index (κ3) is 4.03. The van der Waals surface area contributed by atoms with Gasteiger partial charge in [0.15, 0.2) is 0 Å². The average molecular weight is 467 g/mol. The summed E-state index contributed by atoms with van der Waals surface area (Å²) in [6.07, 6.45) is 3.24. The number of carbonyl (C=O) groups excluding carboxylic acids is 2. The lowest BCUT2D eigenvalue weighted by Gasteiger charge is -2.59. The molecule has 2 saturated heterocycles. The Balaban J connectivity index is 1.14. The molecule has 0 radical (unpaired) electrons. The van der Waals surface area contributed by atoms with E-state index in [4.69, 9.17) is 9.47 Å². The summed E-state index contributed by atoms with van der Waals surface area (Å²) in [5, 5.41) is 5.52. The Hall–Kier alpha value is -3.04. The summed E-state index contributed by atoms with van der Waals surface area (Å²) < 4.78 is 11.1. The van der Waals surface area contributed by atoms with Gasteiger partial charge in [-0.15, -0.1) is 0 Å². The maximum absolute atomic E-state index is 13.3. The van der Waals surface area contributed by atoms with Gasteiger partial charge in [0, 0.05) is 47.6 Å². The van der Waals surface area contributed by atoms with Crippen LogP contribution in [-0.2, 0) is 14.3 Å². The molecule has 1 saturated carbocycles. The highest BCUT2D eigenvalue weighted by molar-refractivity contribution is 6.10. The van der Waals surface area contributed by atoms with Crippen LogP contribution < -0.4 is 10.2 Å². The lowest BCUT2D eigenvalue weighted by molar-refractivity contribution is -0.121. The average Bonchev–Trinajstić information content (AvgIpc) is 3.00. The van der Waals surface area contributed by atoms with Crippen LogP contribution in [-0.4, -0.2) is 68.3 Å². The molecule has 3 heterocycles. The van der Waals surface area contributed by atoms with Gasteiger partial charge in [0.2, 0.25) is 5.91 Å². The first-order valence-corrected chi connectivity index (χ1v) is 11.8. The molecule has 9 heteroatoms. The molecule has 9 nitrogen and oxygen atoms in total. The van der Waals surface area contributed by atoms with E-state index in [-0.39, 0.29) is 30.5 Å². The zero-order chi connectivity index (χ0) is 23.9. The van der Waals surface area contributed by atoms with Crippen molar-refractivity contribution >= 4 is 23.2 Å². The van der Waals surface area contributed by atoms with Crippen LogP contribution in [0.3, 0.4) is 0 Å². The topological polar surface area (TPSA) is 101 Å². The fraction of sp³-hybridized carbons (Fsp3) is 0.520. The summed E-state index contributed by atoms with van der Waals surface area (Å²) in [6.45, 7) is 11.6. The highest BCUT2D eigenvalue weighted by atomic mass is 16.5. The lowest BCUT2D eigenvalue weighted by Crippen LogP contribution is -2.64. The van der Waals surface area contributed by atoms with E-state index >= 15 is 0 Å². The molecule has 5 rings (SSSR count). The summed E-state index contributed by atoms with van der Waals surface area (Å²) in [6, 6.07) is 5.74. The number of ether oxygens (including phenoxy) is 2. The number of nitrogens with one attached hydrogen (secondary N) is 1. The van der Waals surface area contributed by atoms with Crippen molar-refractivity contribution < 1.29 is 19.1 Å². The van der Waals surface area contributed by atoms with Crippen LogP contribution in [0.1, 0.15) is 41.6 Å². The van der Waals surface area contributed by atoms with Crippen LogP contribution in [0.5, 0.6) is 0 Å². The van der Waals surface area contributed by atoms with Crippen molar-refractivity contribution in [3.63, 3.8) is 0 Å². The largest absolute Gasteiger partial charge is 0.377 e. The Morgan fingerprint density at radius 3 is 2.65 bits per heavy atom. The molecule has 4 aliphatic rings. The van der Waals surface area contributed by atoms with Gasteiger partial charge in [0.1, 0.15) is 6.54 Å². The molecular weight excluding hydrogens is 436 g/mol. The molecule has 2 amide bonds. The summed E-state index contributed by atoms with van der Waals surface area (Å²) in [5.74, 6) is -0.142. The van der Waals surface area contributed by atoms with Gasteiger partial charge in [-0.3, -0.25) is 14.5 Å². The third-order valence-electron chi connectivity index (χ3n) is 7.36. The number of fused-ring (bicyclic) bond motifs is 1. The number of hydrogen-bond acceptors (Lipinski definition) is 7. The van der Waals surface area contributed by atoms with E-state index in [1.54, 1.807) is 4.90 Å². The van der Waals surface area contributed by atoms with Gasteiger partial charge in [-0.05, 0) is 31.4 Å². The van der Waals surface area contributed by atoms with Gasteiger partial charge in [-0.1, -0.05) is 24.4 Å². The van der Waals surface area contributed by atoms with Gasteiger partial charge in [0.05, 0.1) is 37.5 Å². The molecular formula is C25H30N4O5. The van der Waals surface area contributed by atoms with Crippen molar-refractivity contribution in [1.82, 2.24) is 10.2 Å². The zero-order valence-corrected chi connectivity index (χ0v) is 19.3. The maximum atomic E-state index is 13.3. The van der Waals surface area contributed by atoms with Crippen LogP contribution >= 0.6 is 0 Å². The molecule has 1 aliphatic carbocycles. The molecule has 3 fully saturated rings. The van der Waals surface area contributed by atoms with E-state index in [0.717, 1.165) is 37.2 Å². The Labute approximate surface area is 198 Å². The van der Waals surface area contributed by atoms with Crippen LogP contribution in [0.2, 0.25) is 0 Å². The second kappa shape index (κ2) is 8.96. The van der Waals surface area contributed by atoms with Crippen molar-refractivity contribution in [2.75, 3.05) is 44.4 Å². The molecule has 1 unspecified atom stereocenters. The fourth-order valence-corrected chi connectivity index (χ4v) is 5.63. The molecule has 0 aromatic heterocycles. The highest BCUT2D eigenvalue weighted by Crippen LogP contribution is 2.51. The smallest absolute Gasteiger partial charge is 0.259 e. The number of nitrogens with zero attached hydrogens (tertiary/aromatic N) is 3. The Bertz CT molecular complexity index is 1040. The molecule has 180 valence electrons. The number of anilines is 1. The lowest BCUT2D eigenvalue weighted by atomic mass is 9.61. The molecule has 1 aromatic rings. The van der Waals surface area contributed by atoms with E-state index < -0.39 is 0 Å². The van der Waals surface area contributed by atoms with Crippen molar-refractivity contribution in [3.05, 3.63) is 53.1 Å². The Kier molecular flexibility index (Phi) is 5.99. The first-order valence-electron chi connectivity index (χ1n) is 11.8. The minimum Gasteiger partial charge on any atom is -0.377 e. The zero-order valence-electron chi connectivity index (χ0n) is 19.3. The van der Waals surface area contributed by atoms with Crippen LogP contribution in [0, 0.1) is 10.3 Å². The molecule has 1 N–H and O–H groups in total. The predicted octanol–water partition coefficient (Wildman–Crippen LogP) is 2.67. The van der Waals surface area contributed by atoms with E-state index in [9.17, 15) is 14.5 Å². The van der Waals surface area contributed by atoms with Gasteiger partial charge in [0.25, 0.3) is 5.91 Å². The summed E-state index contributed by atoms with van der Waals surface area (Å²) >= 11 is 0. The third-order valence-corrected chi connectivity index (χ3v) is 7.36. The summed E-state index contributed by atoms with van der Waals surface area (Å²) in [7, 11) is 0. The predicted molar refractivity (Wildman–Crippen MR) is 127 cm³/mol. The number of piperidine rings is 1. The molecule has 1 spiro atoms. The number of rotatable bonds is 9. The quantitative estimate of drug-likeness (QED) is 0.444. The number of amides is 2. The van der Waals surface area contributed by atoms with Gasteiger partial charge >= 0.3 is 0 Å². The number of nitroso groups, excluding NO2 is 1. The number of benzene rings is 1. The van der Waals surface area contributed by atoms with Gasteiger partial charge in [-0.25, -0.2) is 0 Å². The fourth-order valence-electron chi connectivity index (χ4n) is 5.63. The van der Waals surface area contributed by atoms with Gasteiger partial charge < -0.3 is 19.7 Å². The normalized spacial score (nSPS) is 23.6. The van der Waals surface area contributed by atoms with E-state index in [0.29, 0.717) is 55.0 Å². The van der Waals surface area contributed by atoms with E-state index in [1.807, 2.05) is 12.1 Å². The SMILES string of the molecule is C=C1NC(=O)CCC1N1C(=C)c2ccc(N3CC4(CC(OCCOCCN=O)C4)C3)cc2C1=O. The van der Waals surface area contributed by atoms with Crippen molar-refractivity contribution in [2.24, 2.45) is 10.6 Å². The molecule has 34 heavy (non-hydrogen) atoms. The number of carbonyl (C=O) groups is 2. The minimum atomic E-state index is -0.264. The first kappa shape index (κ1) is 22.7. The van der Waals surface area contributed by atoms with Gasteiger partial charge in [-0.2, -0.15) is 4.91 Å². The van der Waals surface area contributed by atoms with Crippen molar-refractivity contribution in [2.45, 2.75) is 37.8 Å². The molecule has 1 atom stereocenters. The maximum Gasteiger partial charge on any atom is 0.259 e. The summed E-state index contributed by atoms with van der Waals surface area (Å²) in [4.78, 5) is 38.9. The molecule has 3 aliphatic heterocycles. The monoisotopic (exact) mass is 466 g/mol. The first-order chi connectivity index (χ1) is 16.4. The number of hydrogen-bond donors (Lipinski definition) is 1. The highest BCUT2D eigenvalue weighted by Gasteiger charge is 2.53. The second-order valence-corrected chi connectivity index (χ2v) is 9.70. The van der Waals surface area contributed by atoms with Crippen molar-refractivity contribution in [3.8, 4) is 0 Å². The van der Waals surface area contributed by atoms with Crippen LogP contribution in [0.25, 0.3) is 5.70 Å². The Morgan fingerprint density at radius 2 is 1.91 bits per heavy atom. The minimum absolute atomic E-state index is 0.0610. The Morgan fingerprint density at radius 1 is 1.12 bits per heavy atom. The standard InChI is InChI=1S/C25H30N4O5/c1-16-22(5-6-23(30)27-16)29-17(2)20-4-3-18(11-21(20)24(29)31)28-14-25(15-28)12-19(13-25)34-10-9-33-8-7-26-32/h3-4,11,19,22H,1-2,5-10,12-15H2,(H,27,30). The summed E-state index contributed by atoms with van der Waals surface area (Å²) in [5.41, 5.74) is 4.06. The second-order valence-electron chi connectivity index (χ2n) is 9.70. The van der Waals surface area contributed by atoms with Crippen molar-refractivity contribution in [1.29, 1.82) is 0 Å². The molecule has 0 bridgehead atoms. The van der Waals surface area contributed by atoms with Crippen LogP contribution in [0.15, 0.2) is 42.2 Å².